The van der Waals surface area contributed by atoms with Crippen LogP contribution in [0.15, 0.2) is 0 Å². The van der Waals surface area contributed by atoms with Crippen molar-refractivity contribution in [2.24, 2.45) is 5.92 Å². The van der Waals surface area contributed by atoms with Crippen LogP contribution in [0.1, 0.15) is 27.2 Å². The summed E-state index contributed by atoms with van der Waals surface area (Å²) >= 11 is 0. The lowest BCUT2D eigenvalue weighted by Crippen LogP contribution is -2.42. The zero-order valence-electron chi connectivity index (χ0n) is 8.37. The number of aliphatic carboxylic acids is 1. The van der Waals surface area contributed by atoms with E-state index >= 15 is 0 Å². The second-order valence-electron chi connectivity index (χ2n) is 3.51. The van der Waals surface area contributed by atoms with Crippen LogP contribution in [0.4, 0.5) is 0 Å². The molecule has 0 aromatic carbocycles. The lowest BCUT2D eigenvalue weighted by Gasteiger charge is -2.26. The summed E-state index contributed by atoms with van der Waals surface area (Å²) in [6.45, 7) is 6.76. The normalized spacial score (nSPS) is 13.8. The Bertz CT molecular complexity index is 145. The molecule has 0 amide bonds. The van der Waals surface area contributed by atoms with E-state index in [0.29, 0.717) is 0 Å². The summed E-state index contributed by atoms with van der Waals surface area (Å²) in [7, 11) is 1.86. The van der Waals surface area contributed by atoms with Crippen molar-refractivity contribution in [3.63, 3.8) is 0 Å². The van der Waals surface area contributed by atoms with Crippen LogP contribution in [0.3, 0.4) is 0 Å². The molecule has 0 aromatic rings. The Balaban J connectivity index is 4.19. The van der Waals surface area contributed by atoms with E-state index in [1.54, 1.807) is 0 Å². The van der Waals surface area contributed by atoms with E-state index < -0.39 is 5.97 Å². The molecular weight excluding hydrogens is 154 g/mol. The van der Waals surface area contributed by atoms with Crippen LogP contribution in [-0.2, 0) is 4.79 Å². The van der Waals surface area contributed by atoms with Crippen molar-refractivity contribution in [3.8, 4) is 0 Å². The second kappa shape index (κ2) is 5.14. The van der Waals surface area contributed by atoms with Gasteiger partial charge in [0.05, 0.1) is 0 Å². The number of rotatable bonds is 5. The molecule has 0 spiro atoms. The number of hydrogen-bond acceptors (Lipinski definition) is 2. The second-order valence-corrected chi connectivity index (χ2v) is 3.51. The fourth-order valence-corrected chi connectivity index (χ4v) is 1.47. The fraction of sp³-hybridized carbons (Fsp3) is 0.889. The van der Waals surface area contributed by atoms with Crippen molar-refractivity contribution in [3.05, 3.63) is 0 Å². The largest absolute Gasteiger partial charge is 0.480 e. The minimum atomic E-state index is -0.721. The lowest BCUT2D eigenvalue weighted by molar-refractivity contribution is -0.144. The molecule has 1 atom stereocenters. The Morgan fingerprint density at radius 1 is 1.50 bits per heavy atom. The third-order valence-corrected chi connectivity index (χ3v) is 1.94. The van der Waals surface area contributed by atoms with Crippen molar-refractivity contribution in [1.82, 2.24) is 4.90 Å². The molecular formula is C9H19NO2. The maximum Gasteiger partial charge on any atom is 0.321 e. The number of carbonyl (C=O) groups is 1. The van der Waals surface area contributed by atoms with E-state index in [1.807, 2.05) is 25.8 Å². The number of hydrogen-bond donors (Lipinski definition) is 1. The molecule has 0 rings (SSSR count). The summed E-state index contributed by atoms with van der Waals surface area (Å²) < 4.78 is 0. The molecule has 72 valence electrons. The SMILES string of the molecule is CCCN(C)C(C(=O)O)C(C)C. The average molecular weight is 173 g/mol. The summed E-state index contributed by atoms with van der Waals surface area (Å²) in [5.74, 6) is -0.556. The molecule has 3 heteroatoms. The first-order chi connectivity index (χ1) is 5.50. The molecule has 0 aliphatic rings. The quantitative estimate of drug-likeness (QED) is 0.684. The first-order valence-corrected chi connectivity index (χ1v) is 4.43. The van der Waals surface area contributed by atoms with Crippen molar-refractivity contribution >= 4 is 5.97 Å². The Morgan fingerprint density at radius 3 is 2.25 bits per heavy atom. The van der Waals surface area contributed by atoms with Crippen LogP contribution in [-0.4, -0.2) is 35.6 Å². The van der Waals surface area contributed by atoms with Crippen molar-refractivity contribution < 1.29 is 9.90 Å². The molecule has 0 heterocycles. The highest BCUT2D eigenvalue weighted by Crippen LogP contribution is 2.09. The van der Waals surface area contributed by atoms with Gasteiger partial charge in [0.2, 0.25) is 0 Å². The third kappa shape index (κ3) is 3.22. The standard InChI is InChI=1S/C9H19NO2/c1-5-6-10(4)8(7(2)3)9(11)12/h7-8H,5-6H2,1-4H3,(H,11,12). The number of nitrogens with zero attached hydrogens (tertiary/aromatic N) is 1. The number of likely N-dealkylation sites (N-methyl/N-ethyl adjacent to an activating group) is 1. The van der Waals surface area contributed by atoms with Crippen LogP contribution in [0.5, 0.6) is 0 Å². The first kappa shape index (κ1) is 11.4. The van der Waals surface area contributed by atoms with Crippen LogP contribution < -0.4 is 0 Å². The van der Waals surface area contributed by atoms with Gasteiger partial charge < -0.3 is 5.11 Å². The van der Waals surface area contributed by atoms with E-state index in [2.05, 4.69) is 6.92 Å². The van der Waals surface area contributed by atoms with E-state index in [0.717, 1.165) is 13.0 Å². The van der Waals surface area contributed by atoms with Crippen molar-refractivity contribution in [2.45, 2.75) is 33.2 Å². The molecule has 0 aliphatic heterocycles. The Kier molecular flexibility index (Phi) is 4.90. The highest BCUT2D eigenvalue weighted by Gasteiger charge is 2.24. The van der Waals surface area contributed by atoms with Gasteiger partial charge in [-0.1, -0.05) is 20.8 Å². The molecule has 0 saturated carbocycles. The summed E-state index contributed by atoms with van der Waals surface area (Å²) in [6, 6.07) is -0.343. The Labute approximate surface area is 74.4 Å². The highest BCUT2D eigenvalue weighted by molar-refractivity contribution is 5.73. The van der Waals surface area contributed by atoms with E-state index in [-0.39, 0.29) is 12.0 Å². The molecule has 0 saturated heterocycles. The van der Waals surface area contributed by atoms with Crippen LogP contribution in [0.25, 0.3) is 0 Å². The average Bonchev–Trinajstić information content (AvgIpc) is 1.85. The topological polar surface area (TPSA) is 40.5 Å². The number of carboxylic acids is 1. The zero-order chi connectivity index (χ0) is 9.72. The van der Waals surface area contributed by atoms with Gasteiger partial charge in [0.1, 0.15) is 6.04 Å². The maximum atomic E-state index is 10.8. The minimum absolute atomic E-state index is 0.166. The molecule has 1 N–H and O–H groups in total. The third-order valence-electron chi connectivity index (χ3n) is 1.94. The molecule has 0 bridgehead atoms. The van der Waals surface area contributed by atoms with Gasteiger partial charge in [-0.2, -0.15) is 0 Å². The predicted molar refractivity (Wildman–Crippen MR) is 49.2 cm³/mol. The monoisotopic (exact) mass is 173 g/mol. The number of carboxylic acid groups (broad SMARTS) is 1. The van der Waals surface area contributed by atoms with Gasteiger partial charge in [0.15, 0.2) is 0 Å². The minimum Gasteiger partial charge on any atom is -0.480 e. The Hall–Kier alpha value is -0.570. The summed E-state index contributed by atoms with van der Waals surface area (Å²) in [4.78, 5) is 12.7. The summed E-state index contributed by atoms with van der Waals surface area (Å²) in [5, 5.41) is 8.90. The highest BCUT2D eigenvalue weighted by atomic mass is 16.4. The van der Waals surface area contributed by atoms with Gasteiger partial charge >= 0.3 is 5.97 Å². The fourth-order valence-electron chi connectivity index (χ4n) is 1.47. The van der Waals surface area contributed by atoms with E-state index in [4.69, 9.17) is 5.11 Å². The zero-order valence-corrected chi connectivity index (χ0v) is 8.37. The molecule has 1 unspecified atom stereocenters. The van der Waals surface area contributed by atoms with Gasteiger partial charge in [-0.15, -0.1) is 0 Å². The lowest BCUT2D eigenvalue weighted by atomic mass is 10.0. The molecule has 12 heavy (non-hydrogen) atoms. The molecule has 0 aliphatic carbocycles. The predicted octanol–water partition coefficient (Wildman–Crippen LogP) is 1.44. The van der Waals surface area contributed by atoms with Gasteiger partial charge in [-0.05, 0) is 25.9 Å². The van der Waals surface area contributed by atoms with Crippen LogP contribution in [0, 0.1) is 5.92 Å². The van der Waals surface area contributed by atoms with Crippen LogP contribution in [0.2, 0.25) is 0 Å². The van der Waals surface area contributed by atoms with Crippen molar-refractivity contribution in [1.29, 1.82) is 0 Å². The maximum absolute atomic E-state index is 10.8. The van der Waals surface area contributed by atoms with Gasteiger partial charge in [-0.3, -0.25) is 9.69 Å². The molecule has 3 nitrogen and oxygen atoms in total. The van der Waals surface area contributed by atoms with Crippen LogP contribution >= 0.6 is 0 Å². The van der Waals surface area contributed by atoms with Gasteiger partial charge in [0.25, 0.3) is 0 Å². The van der Waals surface area contributed by atoms with Crippen molar-refractivity contribution in [2.75, 3.05) is 13.6 Å². The van der Waals surface area contributed by atoms with E-state index in [1.165, 1.54) is 0 Å². The first-order valence-electron chi connectivity index (χ1n) is 4.43. The van der Waals surface area contributed by atoms with E-state index in [9.17, 15) is 4.79 Å². The molecule has 0 aromatic heterocycles. The smallest absolute Gasteiger partial charge is 0.321 e. The van der Waals surface area contributed by atoms with Gasteiger partial charge in [0, 0.05) is 0 Å². The van der Waals surface area contributed by atoms with Gasteiger partial charge in [-0.25, -0.2) is 0 Å². The summed E-state index contributed by atoms with van der Waals surface area (Å²) in [5.41, 5.74) is 0. The molecule has 0 fully saturated rings. The summed E-state index contributed by atoms with van der Waals surface area (Å²) in [6.07, 6.45) is 0.993. The Morgan fingerprint density at radius 2 is 2.00 bits per heavy atom. The molecule has 0 radical (unpaired) electrons.